The van der Waals surface area contributed by atoms with Gasteiger partial charge in [0.2, 0.25) is 0 Å². The number of nitrogens with one attached hydrogen (secondary N) is 1. The molecule has 1 N–H and O–H groups in total. The van der Waals surface area contributed by atoms with Crippen molar-refractivity contribution in [3.8, 4) is 11.5 Å². The fourth-order valence-corrected chi connectivity index (χ4v) is 3.53. The molecule has 3 aromatic rings. The summed E-state index contributed by atoms with van der Waals surface area (Å²) in [5, 5.41) is 18.2. The molecule has 0 atom stereocenters. The molecule has 1 amide bonds. The van der Waals surface area contributed by atoms with E-state index in [4.69, 9.17) is 4.74 Å². The van der Waals surface area contributed by atoms with Gasteiger partial charge >= 0.3 is 0 Å². The van der Waals surface area contributed by atoms with Gasteiger partial charge in [0.25, 0.3) is 11.6 Å². The Kier molecular flexibility index (Phi) is 5.69. The molecule has 0 aliphatic rings. The number of benzene rings is 2. The summed E-state index contributed by atoms with van der Waals surface area (Å²) < 4.78 is 7.84. The Morgan fingerprint density at radius 2 is 1.72 bits per heavy atom. The van der Waals surface area contributed by atoms with Crippen molar-refractivity contribution in [2.45, 2.75) is 20.8 Å². The molecule has 2 aromatic carbocycles. The number of aromatic nitrogens is 2. The van der Waals surface area contributed by atoms with E-state index in [1.54, 1.807) is 20.0 Å². The molecular formula is C20H19BrN4O4. The quantitative estimate of drug-likeness (QED) is 0.425. The highest BCUT2D eigenvalue weighted by Gasteiger charge is 2.20. The summed E-state index contributed by atoms with van der Waals surface area (Å²) in [5.74, 6) is 0.364. The molecule has 0 unspecified atom stereocenters. The van der Waals surface area contributed by atoms with E-state index in [2.05, 4.69) is 26.3 Å². The molecule has 3 rings (SSSR count). The Balaban J connectivity index is 1.94. The summed E-state index contributed by atoms with van der Waals surface area (Å²) in [6, 6.07) is 9.81. The van der Waals surface area contributed by atoms with Gasteiger partial charge in [0, 0.05) is 19.2 Å². The number of anilines is 1. The smallest absolute Gasteiger partial charge is 0.275 e. The maximum Gasteiger partial charge on any atom is 0.275 e. The van der Waals surface area contributed by atoms with E-state index in [0.29, 0.717) is 21.6 Å². The second-order valence-corrected chi connectivity index (χ2v) is 7.52. The Labute approximate surface area is 175 Å². The van der Waals surface area contributed by atoms with Crippen LogP contribution in [-0.4, -0.2) is 20.6 Å². The predicted molar refractivity (Wildman–Crippen MR) is 113 cm³/mol. The number of aryl methyl sites for hydroxylation is 4. The Morgan fingerprint density at radius 3 is 2.28 bits per heavy atom. The minimum absolute atomic E-state index is 0.192. The van der Waals surface area contributed by atoms with Crippen LogP contribution in [-0.2, 0) is 7.05 Å². The standard InChI is InChI=1S/C20H19BrN4O4/c1-11-5-12(2)7-16(6-11)29-17-9-14(8-15(10-17)25(27)28)22-20(26)19-18(21)13(3)23-24(19)4/h5-10H,1-4H3,(H,22,26). The first-order chi connectivity index (χ1) is 13.6. The first kappa shape index (κ1) is 20.5. The van der Waals surface area contributed by atoms with Gasteiger partial charge in [-0.25, -0.2) is 0 Å². The number of non-ortho nitro benzene ring substituents is 1. The SMILES string of the molecule is Cc1cc(C)cc(Oc2cc(NC(=O)c3c(Br)c(C)nn3C)cc([N+](=O)[O-])c2)c1. The zero-order chi connectivity index (χ0) is 21.3. The van der Waals surface area contributed by atoms with Crippen LogP contribution < -0.4 is 10.1 Å². The van der Waals surface area contributed by atoms with Crippen molar-refractivity contribution >= 4 is 33.2 Å². The topological polar surface area (TPSA) is 99.3 Å². The van der Waals surface area contributed by atoms with E-state index >= 15 is 0 Å². The lowest BCUT2D eigenvalue weighted by Gasteiger charge is -2.11. The normalized spacial score (nSPS) is 10.7. The lowest BCUT2D eigenvalue weighted by Crippen LogP contribution is -2.16. The number of carbonyl (C=O) groups excluding carboxylic acids is 1. The molecule has 0 bridgehead atoms. The Bertz CT molecular complexity index is 1100. The van der Waals surface area contributed by atoms with Gasteiger partial charge in [-0.15, -0.1) is 0 Å². The summed E-state index contributed by atoms with van der Waals surface area (Å²) in [4.78, 5) is 23.5. The lowest BCUT2D eigenvalue weighted by molar-refractivity contribution is -0.384. The molecular weight excluding hydrogens is 440 g/mol. The molecule has 0 saturated carbocycles. The van der Waals surface area contributed by atoms with E-state index in [0.717, 1.165) is 11.1 Å². The fraction of sp³-hybridized carbons (Fsp3) is 0.200. The first-order valence-electron chi connectivity index (χ1n) is 8.70. The van der Waals surface area contributed by atoms with E-state index in [1.165, 1.54) is 16.8 Å². The van der Waals surface area contributed by atoms with Crippen LogP contribution >= 0.6 is 15.9 Å². The number of amides is 1. The highest BCUT2D eigenvalue weighted by molar-refractivity contribution is 9.10. The third-order valence-electron chi connectivity index (χ3n) is 4.16. The number of carbonyl (C=O) groups is 1. The van der Waals surface area contributed by atoms with Crippen molar-refractivity contribution in [3.63, 3.8) is 0 Å². The van der Waals surface area contributed by atoms with E-state index in [1.807, 2.05) is 32.0 Å². The molecule has 0 aliphatic heterocycles. The van der Waals surface area contributed by atoms with Gasteiger partial charge in [0.05, 0.1) is 26.8 Å². The number of hydrogen-bond acceptors (Lipinski definition) is 5. The minimum Gasteiger partial charge on any atom is -0.457 e. The van der Waals surface area contributed by atoms with Crippen LogP contribution in [0.1, 0.15) is 27.3 Å². The fourth-order valence-electron chi connectivity index (χ4n) is 3.02. The highest BCUT2D eigenvalue weighted by atomic mass is 79.9. The second kappa shape index (κ2) is 8.04. The van der Waals surface area contributed by atoms with Gasteiger partial charge in [0.15, 0.2) is 0 Å². The zero-order valence-corrected chi connectivity index (χ0v) is 17.9. The van der Waals surface area contributed by atoms with Crippen molar-refractivity contribution in [2.75, 3.05) is 5.32 Å². The van der Waals surface area contributed by atoms with Crippen molar-refractivity contribution in [3.05, 3.63) is 73.5 Å². The monoisotopic (exact) mass is 458 g/mol. The first-order valence-corrected chi connectivity index (χ1v) is 9.49. The molecule has 1 aromatic heterocycles. The summed E-state index contributed by atoms with van der Waals surface area (Å²) >= 11 is 3.35. The van der Waals surface area contributed by atoms with Crippen LogP contribution in [0.15, 0.2) is 40.9 Å². The minimum atomic E-state index is -0.534. The molecule has 8 nitrogen and oxygen atoms in total. The average Bonchev–Trinajstić information content (AvgIpc) is 2.85. The molecule has 150 valence electrons. The third kappa shape index (κ3) is 4.62. The number of halogens is 1. The van der Waals surface area contributed by atoms with E-state index in [-0.39, 0.29) is 17.1 Å². The van der Waals surface area contributed by atoms with Gasteiger partial charge in [0.1, 0.15) is 17.2 Å². The van der Waals surface area contributed by atoms with Crippen molar-refractivity contribution < 1.29 is 14.5 Å². The number of rotatable bonds is 5. The van der Waals surface area contributed by atoms with Gasteiger partial charge < -0.3 is 10.1 Å². The van der Waals surface area contributed by atoms with Crippen LogP contribution in [0.2, 0.25) is 0 Å². The number of nitrogens with zero attached hydrogens (tertiary/aromatic N) is 3. The van der Waals surface area contributed by atoms with Crippen molar-refractivity contribution in [1.29, 1.82) is 0 Å². The van der Waals surface area contributed by atoms with E-state index < -0.39 is 10.8 Å². The van der Waals surface area contributed by atoms with Crippen LogP contribution in [0.5, 0.6) is 11.5 Å². The molecule has 29 heavy (non-hydrogen) atoms. The zero-order valence-electron chi connectivity index (χ0n) is 16.3. The third-order valence-corrected chi connectivity index (χ3v) is 5.10. The van der Waals surface area contributed by atoms with E-state index in [9.17, 15) is 14.9 Å². The number of hydrogen-bond donors (Lipinski definition) is 1. The molecule has 0 radical (unpaired) electrons. The number of nitro benzene ring substituents is 1. The van der Waals surface area contributed by atoms with Crippen LogP contribution in [0.4, 0.5) is 11.4 Å². The summed E-state index contributed by atoms with van der Waals surface area (Å²) in [5.41, 5.74) is 3.05. The summed E-state index contributed by atoms with van der Waals surface area (Å²) in [6.07, 6.45) is 0. The number of ether oxygens (including phenoxy) is 1. The van der Waals surface area contributed by atoms with Gasteiger partial charge in [-0.1, -0.05) is 6.07 Å². The molecule has 1 heterocycles. The predicted octanol–water partition coefficient (Wildman–Crippen LogP) is 5.06. The van der Waals surface area contributed by atoms with Crippen LogP contribution in [0.25, 0.3) is 0 Å². The maximum atomic E-state index is 12.7. The highest BCUT2D eigenvalue weighted by Crippen LogP contribution is 2.31. The summed E-state index contributed by atoms with van der Waals surface area (Å²) in [7, 11) is 1.65. The van der Waals surface area contributed by atoms with Crippen LogP contribution in [0.3, 0.4) is 0 Å². The molecule has 0 aliphatic carbocycles. The molecule has 0 spiro atoms. The Morgan fingerprint density at radius 1 is 1.10 bits per heavy atom. The Hall–Kier alpha value is -3.20. The second-order valence-electron chi connectivity index (χ2n) is 6.72. The van der Waals surface area contributed by atoms with Crippen molar-refractivity contribution in [2.24, 2.45) is 7.05 Å². The molecule has 0 fully saturated rings. The lowest BCUT2D eigenvalue weighted by atomic mass is 10.1. The summed E-state index contributed by atoms with van der Waals surface area (Å²) in [6.45, 7) is 5.64. The van der Waals surface area contributed by atoms with Crippen molar-refractivity contribution in [1.82, 2.24) is 9.78 Å². The average molecular weight is 459 g/mol. The largest absolute Gasteiger partial charge is 0.457 e. The van der Waals surface area contributed by atoms with Crippen LogP contribution in [0, 0.1) is 30.9 Å². The van der Waals surface area contributed by atoms with Gasteiger partial charge in [-0.2, -0.15) is 5.10 Å². The van der Waals surface area contributed by atoms with Gasteiger partial charge in [-0.3, -0.25) is 19.6 Å². The van der Waals surface area contributed by atoms with Gasteiger partial charge in [-0.05, 0) is 60.0 Å². The molecule has 9 heteroatoms. The molecule has 0 saturated heterocycles. The maximum absolute atomic E-state index is 12.7. The number of nitro groups is 1.